The molecule has 1 aromatic carbocycles. The maximum Gasteiger partial charge on any atom is 0.327 e. The zero-order chi connectivity index (χ0) is 19.4. The number of aromatic hydroxyl groups is 1. The number of rotatable bonds is 4. The van der Waals surface area contributed by atoms with E-state index in [-0.39, 0.29) is 5.75 Å². The minimum absolute atomic E-state index is 0.107. The lowest BCUT2D eigenvalue weighted by molar-refractivity contribution is -0.161. The smallest absolute Gasteiger partial charge is 0.327 e. The second-order valence-electron chi connectivity index (χ2n) is 7.11. The van der Waals surface area contributed by atoms with Crippen molar-refractivity contribution in [3.05, 3.63) is 29.3 Å². The molecule has 26 heavy (non-hydrogen) atoms. The fourth-order valence-corrected chi connectivity index (χ4v) is 5.04. The Morgan fingerprint density at radius 2 is 2.04 bits per heavy atom. The van der Waals surface area contributed by atoms with Crippen molar-refractivity contribution in [3.63, 3.8) is 0 Å². The van der Waals surface area contributed by atoms with Gasteiger partial charge in [-0.05, 0) is 38.0 Å². The van der Waals surface area contributed by atoms with Gasteiger partial charge in [0, 0.05) is 4.75 Å². The molecule has 0 spiro atoms. The van der Waals surface area contributed by atoms with Gasteiger partial charge in [0.25, 0.3) is 0 Å². The van der Waals surface area contributed by atoms with Crippen LogP contribution in [-0.4, -0.2) is 55.1 Å². The predicted molar refractivity (Wildman–Crippen MR) is 95.4 cm³/mol. The van der Waals surface area contributed by atoms with E-state index in [2.05, 4.69) is 5.32 Å². The molecule has 4 atom stereocenters. The molecule has 0 saturated carbocycles. The van der Waals surface area contributed by atoms with Crippen molar-refractivity contribution < 1.29 is 24.6 Å². The van der Waals surface area contributed by atoms with Crippen LogP contribution in [-0.2, 0) is 14.4 Å². The standard InChI is InChI=1S/C17H21N3O5S/c1-7-6-8(4-5-9(7)21)10(18)13(22)19-11-14(23)20-12(16(24)25)17(2,3)26-15(11)20/h4-6,10-12,15,21H,18H2,1-3H3,(H,19,22)(H,24,25)/t10?,11?,12-,15+/m0/s1. The monoisotopic (exact) mass is 379 g/mol. The number of aliphatic carboxylic acids is 1. The molecule has 1 aromatic rings. The Balaban J connectivity index is 1.72. The van der Waals surface area contributed by atoms with Crippen molar-refractivity contribution in [1.29, 1.82) is 0 Å². The Hall–Kier alpha value is -2.26. The summed E-state index contributed by atoms with van der Waals surface area (Å²) in [4.78, 5) is 37.7. The van der Waals surface area contributed by atoms with E-state index < -0.39 is 46.0 Å². The zero-order valence-electron chi connectivity index (χ0n) is 14.6. The number of hydrogen-bond acceptors (Lipinski definition) is 6. The van der Waals surface area contributed by atoms with Crippen LogP contribution in [0.15, 0.2) is 18.2 Å². The van der Waals surface area contributed by atoms with E-state index in [4.69, 9.17) is 5.73 Å². The van der Waals surface area contributed by atoms with Gasteiger partial charge in [0.1, 0.15) is 29.2 Å². The summed E-state index contributed by atoms with van der Waals surface area (Å²) in [5.41, 5.74) is 7.09. The molecule has 2 amide bonds. The third-order valence-corrected chi connectivity index (χ3v) is 6.41. The van der Waals surface area contributed by atoms with Crippen LogP contribution in [0.25, 0.3) is 0 Å². The number of nitrogens with zero attached hydrogens (tertiary/aromatic N) is 1. The second kappa shape index (κ2) is 6.17. The fraction of sp³-hybridized carbons (Fsp3) is 0.471. The van der Waals surface area contributed by atoms with Gasteiger partial charge < -0.3 is 26.2 Å². The zero-order valence-corrected chi connectivity index (χ0v) is 15.4. The average Bonchev–Trinajstić information content (AvgIpc) is 2.82. The molecule has 0 bridgehead atoms. The first kappa shape index (κ1) is 18.5. The highest BCUT2D eigenvalue weighted by Gasteiger charge is 2.64. The maximum absolute atomic E-state index is 12.5. The molecule has 2 saturated heterocycles. The van der Waals surface area contributed by atoms with Crippen molar-refractivity contribution >= 4 is 29.5 Å². The minimum Gasteiger partial charge on any atom is -0.508 e. The summed E-state index contributed by atoms with van der Waals surface area (Å²) in [6.07, 6.45) is 0. The number of carbonyl (C=O) groups is 3. The summed E-state index contributed by atoms with van der Waals surface area (Å²) in [5.74, 6) is -1.89. The number of phenols is 1. The topological polar surface area (TPSA) is 133 Å². The molecular weight excluding hydrogens is 358 g/mol. The number of carboxylic acids is 1. The molecule has 2 aliphatic rings. The highest BCUT2D eigenvalue weighted by molar-refractivity contribution is 8.01. The van der Waals surface area contributed by atoms with Gasteiger partial charge in [0.05, 0.1) is 0 Å². The van der Waals surface area contributed by atoms with Crippen molar-refractivity contribution in [2.45, 2.75) is 49.0 Å². The number of phenolic OH excluding ortho intramolecular Hbond substituents is 1. The van der Waals surface area contributed by atoms with Gasteiger partial charge in [-0.25, -0.2) is 4.79 Å². The molecular formula is C17H21N3O5S. The number of carboxylic acid groups (broad SMARTS) is 1. The number of nitrogens with one attached hydrogen (secondary N) is 1. The lowest BCUT2D eigenvalue weighted by atomic mass is 9.95. The van der Waals surface area contributed by atoms with Crippen LogP contribution in [0.2, 0.25) is 0 Å². The van der Waals surface area contributed by atoms with E-state index in [0.29, 0.717) is 11.1 Å². The van der Waals surface area contributed by atoms with Gasteiger partial charge in [0.2, 0.25) is 11.8 Å². The van der Waals surface area contributed by atoms with E-state index in [1.165, 1.54) is 22.7 Å². The summed E-state index contributed by atoms with van der Waals surface area (Å²) in [6, 6.07) is 1.91. The van der Waals surface area contributed by atoms with Crippen LogP contribution in [0.5, 0.6) is 5.75 Å². The molecule has 0 aliphatic carbocycles. The molecule has 140 valence electrons. The molecule has 9 heteroatoms. The van der Waals surface area contributed by atoms with E-state index >= 15 is 0 Å². The molecule has 2 aliphatic heterocycles. The number of β-lactam (4-membered cyclic amide) rings is 1. The lowest BCUT2D eigenvalue weighted by Gasteiger charge is -2.43. The molecule has 2 unspecified atom stereocenters. The Labute approximate surface area is 154 Å². The molecule has 0 aromatic heterocycles. The molecule has 0 radical (unpaired) electrons. The van der Waals surface area contributed by atoms with Crippen LogP contribution in [0.4, 0.5) is 0 Å². The highest BCUT2D eigenvalue weighted by atomic mass is 32.2. The Kier molecular flexibility index (Phi) is 4.40. The number of nitrogens with two attached hydrogens (primary N) is 1. The maximum atomic E-state index is 12.5. The third-order valence-electron chi connectivity index (χ3n) is 4.84. The summed E-state index contributed by atoms with van der Waals surface area (Å²) in [5, 5.41) is 21.2. The first-order valence-corrected chi connectivity index (χ1v) is 9.01. The van der Waals surface area contributed by atoms with Crippen molar-refractivity contribution in [1.82, 2.24) is 10.2 Å². The van der Waals surface area contributed by atoms with Crippen LogP contribution >= 0.6 is 11.8 Å². The van der Waals surface area contributed by atoms with Crippen LogP contribution < -0.4 is 11.1 Å². The quantitative estimate of drug-likeness (QED) is 0.554. The van der Waals surface area contributed by atoms with Crippen LogP contribution in [0.1, 0.15) is 31.0 Å². The lowest BCUT2D eigenvalue weighted by Crippen LogP contribution is -2.71. The Morgan fingerprint density at radius 3 is 2.62 bits per heavy atom. The van der Waals surface area contributed by atoms with Gasteiger partial charge in [-0.2, -0.15) is 0 Å². The molecule has 2 heterocycles. The first-order valence-electron chi connectivity index (χ1n) is 8.13. The minimum atomic E-state index is -1.06. The second-order valence-corrected chi connectivity index (χ2v) is 8.88. The number of hydrogen-bond donors (Lipinski definition) is 4. The number of thioether (sulfide) groups is 1. The SMILES string of the molecule is Cc1cc(C(N)C(=O)NC2C(=O)N3[C@@H]2SC(C)(C)[C@@H]3C(=O)O)ccc1O. The third kappa shape index (κ3) is 2.80. The highest BCUT2D eigenvalue weighted by Crippen LogP contribution is 2.50. The largest absolute Gasteiger partial charge is 0.508 e. The summed E-state index contributed by atoms with van der Waals surface area (Å²) in [6.45, 7) is 5.23. The first-order chi connectivity index (χ1) is 12.0. The summed E-state index contributed by atoms with van der Waals surface area (Å²) >= 11 is 1.36. The number of carbonyl (C=O) groups excluding carboxylic acids is 2. The number of aryl methyl sites for hydroxylation is 1. The number of amides is 2. The van der Waals surface area contributed by atoms with E-state index in [9.17, 15) is 24.6 Å². The van der Waals surface area contributed by atoms with Gasteiger partial charge in [-0.1, -0.05) is 12.1 Å². The molecule has 8 nitrogen and oxygen atoms in total. The van der Waals surface area contributed by atoms with Crippen molar-refractivity contribution in [2.24, 2.45) is 5.73 Å². The van der Waals surface area contributed by atoms with Gasteiger partial charge in [0.15, 0.2) is 0 Å². The summed E-state index contributed by atoms with van der Waals surface area (Å²) < 4.78 is -0.651. The van der Waals surface area contributed by atoms with E-state index in [1.807, 2.05) is 0 Å². The molecule has 2 fully saturated rings. The van der Waals surface area contributed by atoms with Gasteiger partial charge in [-0.15, -0.1) is 11.8 Å². The number of fused-ring (bicyclic) bond motifs is 1. The predicted octanol–water partition coefficient (Wildman–Crippen LogP) is 0.332. The van der Waals surface area contributed by atoms with Gasteiger partial charge in [-0.3, -0.25) is 9.59 Å². The fourth-order valence-electron chi connectivity index (χ4n) is 3.41. The molecule has 5 N–H and O–H groups in total. The van der Waals surface area contributed by atoms with E-state index in [1.54, 1.807) is 32.9 Å². The average molecular weight is 379 g/mol. The normalized spacial score (nSPS) is 27.5. The Bertz CT molecular complexity index is 797. The Morgan fingerprint density at radius 1 is 1.38 bits per heavy atom. The van der Waals surface area contributed by atoms with Crippen molar-refractivity contribution in [3.8, 4) is 5.75 Å². The summed E-state index contributed by atoms with van der Waals surface area (Å²) in [7, 11) is 0. The molecule has 3 rings (SSSR count). The van der Waals surface area contributed by atoms with Crippen molar-refractivity contribution in [2.75, 3.05) is 0 Å². The van der Waals surface area contributed by atoms with Crippen LogP contribution in [0, 0.1) is 6.92 Å². The van der Waals surface area contributed by atoms with Gasteiger partial charge >= 0.3 is 5.97 Å². The van der Waals surface area contributed by atoms with Crippen LogP contribution in [0.3, 0.4) is 0 Å². The number of benzene rings is 1. The van der Waals surface area contributed by atoms with E-state index in [0.717, 1.165) is 0 Å².